The van der Waals surface area contributed by atoms with Gasteiger partial charge in [0.15, 0.2) is 5.82 Å². The summed E-state index contributed by atoms with van der Waals surface area (Å²) in [7, 11) is 0. The zero-order chi connectivity index (χ0) is 12.8. The lowest BCUT2D eigenvalue weighted by Crippen LogP contribution is -2.13. The summed E-state index contributed by atoms with van der Waals surface area (Å²) in [6, 6.07) is 0. The van der Waals surface area contributed by atoms with E-state index in [9.17, 15) is 0 Å². The van der Waals surface area contributed by atoms with Crippen LogP contribution in [0.1, 0.15) is 46.5 Å². The van der Waals surface area contributed by atoms with E-state index in [1.807, 2.05) is 6.92 Å². The van der Waals surface area contributed by atoms with Gasteiger partial charge in [-0.05, 0) is 18.8 Å². The van der Waals surface area contributed by atoms with Crippen LogP contribution in [-0.2, 0) is 4.74 Å². The zero-order valence-electron chi connectivity index (χ0n) is 11.4. The van der Waals surface area contributed by atoms with Gasteiger partial charge in [0, 0.05) is 24.7 Å². The van der Waals surface area contributed by atoms with Crippen molar-refractivity contribution in [3.8, 4) is 0 Å². The van der Waals surface area contributed by atoms with Crippen LogP contribution < -0.4 is 5.32 Å². The Bertz CT molecular complexity index is 325. The second kappa shape index (κ2) is 6.91. The van der Waals surface area contributed by atoms with Crippen LogP contribution in [0.4, 0.5) is 5.13 Å². The SMILES string of the molecule is CCOC(c1nsc(NCC(C)C)n1)C(C)C. The van der Waals surface area contributed by atoms with Crippen LogP contribution in [0.2, 0.25) is 0 Å². The monoisotopic (exact) mass is 257 g/mol. The van der Waals surface area contributed by atoms with Crippen molar-refractivity contribution < 1.29 is 4.74 Å². The van der Waals surface area contributed by atoms with E-state index < -0.39 is 0 Å². The second-order valence-corrected chi connectivity index (χ2v) is 5.60. The average molecular weight is 257 g/mol. The molecule has 0 bridgehead atoms. The van der Waals surface area contributed by atoms with E-state index in [0.717, 1.165) is 17.5 Å². The molecule has 0 fully saturated rings. The van der Waals surface area contributed by atoms with Crippen molar-refractivity contribution in [1.29, 1.82) is 0 Å². The summed E-state index contributed by atoms with van der Waals surface area (Å²) in [5.74, 6) is 1.80. The lowest BCUT2D eigenvalue weighted by atomic mass is 10.1. The molecule has 1 rings (SSSR count). The highest BCUT2D eigenvalue weighted by atomic mass is 32.1. The molecule has 0 saturated heterocycles. The van der Waals surface area contributed by atoms with Gasteiger partial charge in [-0.1, -0.05) is 27.7 Å². The van der Waals surface area contributed by atoms with Crippen molar-refractivity contribution in [1.82, 2.24) is 9.36 Å². The number of nitrogens with one attached hydrogen (secondary N) is 1. The first-order valence-electron chi connectivity index (χ1n) is 6.23. The maximum Gasteiger partial charge on any atom is 0.202 e. The molecule has 1 N–H and O–H groups in total. The molecule has 0 aromatic carbocycles. The average Bonchev–Trinajstić information content (AvgIpc) is 2.71. The number of hydrogen-bond acceptors (Lipinski definition) is 5. The molecule has 1 aromatic heterocycles. The highest BCUT2D eigenvalue weighted by molar-refractivity contribution is 7.09. The van der Waals surface area contributed by atoms with E-state index in [1.165, 1.54) is 11.5 Å². The van der Waals surface area contributed by atoms with Gasteiger partial charge in [0.1, 0.15) is 6.10 Å². The Morgan fingerprint density at radius 3 is 2.53 bits per heavy atom. The van der Waals surface area contributed by atoms with Crippen LogP contribution in [0, 0.1) is 11.8 Å². The van der Waals surface area contributed by atoms with E-state index in [0.29, 0.717) is 18.4 Å². The van der Waals surface area contributed by atoms with E-state index in [4.69, 9.17) is 4.74 Å². The molecule has 0 aliphatic carbocycles. The Kier molecular flexibility index (Phi) is 5.85. The summed E-state index contributed by atoms with van der Waals surface area (Å²) < 4.78 is 10.1. The minimum absolute atomic E-state index is 0.00542. The van der Waals surface area contributed by atoms with Crippen LogP contribution in [0.15, 0.2) is 0 Å². The molecular weight excluding hydrogens is 234 g/mol. The Labute approximate surface area is 108 Å². The van der Waals surface area contributed by atoms with Crippen molar-refractivity contribution in [2.24, 2.45) is 11.8 Å². The molecule has 1 heterocycles. The van der Waals surface area contributed by atoms with Gasteiger partial charge >= 0.3 is 0 Å². The molecule has 1 aromatic rings. The normalized spacial score (nSPS) is 13.4. The molecule has 0 aliphatic heterocycles. The number of anilines is 1. The molecule has 0 radical (unpaired) electrons. The number of nitrogens with zero attached hydrogens (tertiary/aromatic N) is 2. The Hall–Kier alpha value is -0.680. The maximum atomic E-state index is 5.68. The van der Waals surface area contributed by atoms with E-state index >= 15 is 0 Å². The summed E-state index contributed by atoms with van der Waals surface area (Å²) in [5, 5.41) is 4.18. The molecule has 4 nitrogen and oxygen atoms in total. The van der Waals surface area contributed by atoms with Crippen LogP contribution in [0.5, 0.6) is 0 Å². The standard InChI is InChI=1S/C12H23N3OS/c1-6-16-10(9(4)5)11-14-12(17-15-11)13-7-8(2)3/h8-10H,6-7H2,1-5H3,(H,13,14,15). The molecule has 5 heteroatoms. The summed E-state index contributed by atoms with van der Waals surface area (Å²) in [5.41, 5.74) is 0. The first-order chi connectivity index (χ1) is 8.04. The van der Waals surface area contributed by atoms with Crippen LogP contribution in [0.25, 0.3) is 0 Å². The number of ether oxygens (including phenoxy) is 1. The molecule has 0 spiro atoms. The minimum atomic E-state index is 0.00542. The lowest BCUT2D eigenvalue weighted by Gasteiger charge is -2.17. The number of rotatable bonds is 7. The fraction of sp³-hybridized carbons (Fsp3) is 0.833. The molecule has 1 unspecified atom stereocenters. The largest absolute Gasteiger partial charge is 0.370 e. The first kappa shape index (κ1) is 14.4. The molecule has 17 heavy (non-hydrogen) atoms. The maximum absolute atomic E-state index is 5.68. The van der Waals surface area contributed by atoms with Crippen molar-refractivity contribution in [2.45, 2.75) is 40.7 Å². The van der Waals surface area contributed by atoms with Gasteiger partial charge in [0.2, 0.25) is 5.13 Å². The molecule has 98 valence electrons. The van der Waals surface area contributed by atoms with Gasteiger partial charge in [-0.3, -0.25) is 0 Å². The van der Waals surface area contributed by atoms with Crippen molar-refractivity contribution in [3.63, 3.8) is 0 Å². The summed E-state index contributed by atoms with van der Waals surface area (Å²) >= 11 is 1.41. The second-order valence-electron chi connectivity index (χ2n) is 4.85. The van der Waals surface area contributed by atoms with E-state index in [2.05, 4.69) is 42.4 Å². The predicted octanol–water partition coefficient (Wildman–Crippen LogP) is 3.34. The molecule has 0 amide bonds. The third kappa shape index (κ3) is 4.60. The quantitative estimate of drug-likeness (QED) is 0.814. The van der Waals surface area contributed by atoms with Crippen LogP contribution in [0.3, 0.4) is 0 Å². The van der Waals surface area contributed by atoms with Gasteiger partial charge in [-0.25, -0.2) is 4.98 Å². The first-order valence-corrected chi connectivity index (χ1v) is 7.01. The van der Waals surface area contributed by atoms with E-state index in [1.54, 1.807) is 0 Å². The zero-order valence-corrected chi connectivity index (χ0v) is 12.2. The number of hydrogen-bond donors (Lipinski definition) is 1. The Balaban J connectivity index is 2.64. The van der Waals surface area contributed by atoms with Crippen molar-refractivity contribution >= 4 is 16.7 Å². The topological polar surface area (TPSA) is 47.0 Å². The fourth-order valence-corrected chi connectivity index (χ4v) is 2.07. The van der Waals surface area contributed by atoms with Gasteiger partial charge in [0.25, 0.3) is 0 Å². The van der Waals surface area contributed by atoms with Crippen LogP contribution >= 0.6 is 11.5 Å². The molecular formula is C12H23N3OS. The Morgan fingerprint density at radius 1 is 1.29 bits per heavy atom. The smallest absolute Gasteiger partial charge is 0.202 e. The summed E-state index contributed by atoms with van der Waals surface area (Å²) in [6.45, 7) is 12.2. The van der Waals surface area contributed by atoms with Gasteiger partial charge in [-0.15, -0.1) is 0 Å². The minimum Gasteiger partial charge on any atom is -0.370 e. The third-order valence-corrected chi connectivity index (χ3v) is 3.00. The van der Waals surface area contributed by atoms with Crippen molar-refractivity contribution in [2.75, 3.05) is 18.5 Å². The highest BCUT2D eigenvalue weighted by Gasteiger charge is 2.20. The molecule has 0 aliphatic rings. The number of aromatic nitrogens is 2. The van der Waals surface area contributed by atoms with Gasteiger partial charge in [-0.2, -0.15) is 4.37 Å². The lowest BCUT2D eigenvalue weighted by molar-refractivity contribution is 0.0241. The van der Waals surface area contributed by atoms with Crippen LogP contribution in [-0.4, -0.2) is 22.5 Å². The highest BCUT2D eigenvalue weighted by Crippen LogP contribution is 2.26. The van der Waals surface area contributed by atoms with Gasteiger partial charge < -0.3 is 10.1 Å². The Morgan fingerprint density at radius 2 is 2.00 bits per heavy atom. The summed E-state index contributed by atoms with van der Waals surface area (Å²) in [4.78, 5) is 4.49. The van der Waals surface area contributed by atoms with Gasteiger partial charge in [0.05, 0.1) is 0 Å². The summed E-state index contributed by atoms with van der Waals surface area (Å²) in [6.07, 6.45) is 0.00542. The molecule has 1 atom stereocenters. The van der Waals surface area contributed by atoms with E-state index in [-0.39, 0.29) is 6.10 Å². The van der Waals surface area contributed by atoms with Crippen molar-refractivity contribution in [3.05, 3.63) is 5.82 Å². The fourth-order valence-electron chi connectivity index (χ4n) is 1.46. The third-order valence-electron chi connectivity index (χ3n) is 2.31. The predicted molar refractivity (Wildman–Crippen MR) is 72.4 cm³/mol. The molecule has 0 saturated carbocycles.